The highest BCUT2D eigenvalue weighted by Gasteiger charge is 2.30. The molecular weight excluding hydrogens is 427 g/mol. The fourth-order valence-electron chi connectivity index (χ4n) is 4.17. The quantitative estimate of drug-likeness (QED) is 0.374. The van der Waals surface area contributed by atoms with Crippen LogP contribution in [0.3, 0.4) is 0 Å². The van der Waals surface area contributed by atoms with Gasteiger partial charge in [-0.2, -0.15) is 13.2 Å². The number of aromatic nitrogens is 2. The molecule has 1 fully saturated rings. The molecule has 1 amide bonds. The normalized spacial score (nSPS) is 14.0. The molecule has 168 valence electrons. The van der Waals surface area contributed by atoms with Crippen LogP contribution in [0.15, 0.2) is 60.8 Å². The summed E-state index contributed by atoms with van der Waals surface area (Å²) in [5, 5.41) is 2.93. The van der Waals surface area contributed by atoms with E-state index in [9.17, 15) is 18.0 Å². The minimum absolute atomic E-state index is 0.253. The SMILES string of the molecule is Cc1cc(C(=O)Nc2ccc3nc(C4CC4)c(C)n3c2)ccc1-c1ccc(C(F)(F)F)cc1. The summed E-state index contributed by atoms with van der Waals surface area (Å²) in [6.07, 6.45) is -0.135. The monoisotopic (exact) mass is 449 g/mol. The lowest BCUT2D eigenvalue weighted by atomic mass is 9.97. The van der Waals surface area contributed by atoms with Crippen molar-refractivity contribution in [2.45, 2.75) is 38.8 Å². The molecule has 7 heteroatoms. The van der Waals surface area contributed by atoms with Crippen LogP contribution in [0.5, 0.6) is 0 Å². The van der Waals surface area contributed by atoms with Crippen LogP contribution in [0.25, 0.3) is 16.8 Å². The lowest BCUT2D eigenvalue weighted by molar-refractivity contribution is -0.137. The third-order valence-electron chi connectivity index (χ3n) is 6.13. The number of hydrogen-bond acceptors (Lipinski definition) is 2. The van der Waals surface area contributed by atoms with Crippen molar-refractivity contribution in [2.75, 3.05) is 5.32 Å². The fraction of sp³-hybridized carbons (Fsp3) is 0.231. The minimum Gasteiger partial charge on any atom is -0.321 e. The Labute approximate surface area is 189 Å². The van der Waals surface area contributed by atoms with E-state index in [1.165, 1.54) is 25.0 Å². The summed E-state index contributed by atoms with van der Waals surface area (Å²) in [7, 11) is 0. The molecule has 0 saturated heterocycles. The van der Waals surface area contributed by atoms with Gasteiger partial charge in [0.15, 0.2) is 0 Å². The first kappa shape index (κ1) is 21.2. The van der Waals surface area contributed by atoms with Gasteiger partial charge >= 0.3 is 6.18 Å². The molecule has 2 aromatic carbocycles. The summed E-state index contributed by atoms with van der Waals surface area (Å²) < 4.78 is 40.5. The van der Waals surface area contributed by atoms with Gasteiger partial charge in [-0.3, -0.25) is 4.79 Å². The van der Waals surface area contributed by atoms with E-state index in [1.807, 2.05) is 36.6 Å². The lowest BCUT2D eigenvalue weighted by Gasteiger charge is -2.11. The van der Waals surface area contributed by atoms with Crippen LogP contribution in [0, 0.1) is 13.8 Å². The van der Waals surface area contributed by atoms with Crippen LogP contribution < -0.4 is 5.32 Å². The van der Waals surface area contributed by atoms with Gasteiger partial charge in [0.1, 0.15) is 5.65 Å². The summed E-state index contributed by atoms with van der Waals surface area (Å²) in [4.78, 5) is 17.6. The Morgan fingerprint density at radius 2 is 1.76 bits per heavy atom. The second-order valence-electron chi connectivity index (χ2n) is 8.56. The number of carbonyl (C=O) groups excluding carboxylic acids is 1. The zero-order valence-corrected chi connectivity index (χ0v) is 18.2. The highest BCUT2D eigenvalue weighted by atomic mass is 19.4. The third-order valence-corrected chi connectivity index (χ3v) is 6.13. The van der Waals surface area contributed by atoms with E-state index < -0.39 is 11.7 Å². The fourth-order valence-corrected chi connectivity index (χ4v) is 4.17. The number of alkyl halides is 3. The molecule has 0 spiro atoms. The van der Waals surface area contributed by atoms with Gasteiger partial charge in [0.25, 0.3) is 5.91 Å². The van der Waals surface area contributed by atoms with Crippen molar-refractivity contribution >= 4 is 17.2 Å². The highest BCUT2D eigenvalue weighted by molar-refractivity contribution is 6.04. The first-order chi connectivity index (χ1) is 15.7. The Bertz CT molecular complexity index is 1370. The van der Waals surface area contributed by atoms with Gasteiger partial charge in [-0.15, -0.1) is 0 Å². The molecule has 1 saturated carbocycles. The number of benzene rings is 2. The standard InChI is InChI=1S/C26H22F3N3O/c1-15-13-19(7-11-22(15)17-5-8-20(9-6-17)26(27,28)29)25(33)30-21-10-12-23-31-24(18-3-4-18)16(2)32(23)14-21/h5-14,18H,3-4H2,1-2H3,(H,30,33). The maximum absolute atomic E-state index is 12.9. The molecule has 2 heterocycles. The maximum Gasteiger partial charge on any atom is 0.416 e. The zero-order chi connectivity index (χ0) is 23.3. The van der Waals surface area contributed by atoms with Crippen molar-refractivity contribution < 1.29 is 18.0 Å². The smallest absolute Gasteiger partial charge is 0.321 e. The number of imidazole rings is 1. The minimum atomic E-state index is -4.37. The number of nitrogens with zero attached hydrogens (tertiary/aromatic N) is 2. The van der Waals surface area contributed by atoms with Crippen LogP contribution in [0.2, 0.25) is 0 Å². The average molecular weight is 449 g/mol. The van der Waals surface area contributed by atoms with Crippen molar-refractivity contribution in [1.82, 2.24) is 9.38 Å². The number of aryl methyl sites for hydroxylation is 2. The second kappa shape index (κ2) is 7.76. The topological polar surface area (TPSA) is 46.4 Å². The molecule has 1 aliphatic rings. The number of carbonyl (C=O) groups is 1. The molecular formula is C26H22F3N3O. The summed E-state index contributed by atoms with van der Waals surface area (Å²) >= 11 is 0. The van der Waals surface area contributed by atoms with Gasteiger partial charge in [-0.25, -0.2) is 4.98 Å². The van der Waals surface area contributed by atoms with Crippen LogP contribution in [-0.2, 0) is 6.18 Å². The van der Waals surface area contributed by atoms with E-state index in [1.54, 1.807) is 18.2 Å². The number of fused-ring (bicyclic) bond motifs is 1. The van der Waals surface area contributed by atoms with Crippen molar-refractivity contribution in [3.05, 3.63) is 88.9 Å². The molecule has 4 nitrogen and oxygen atoms in total. The summed E-state index contributed by atoms with van der Waals surface area (Å²) in [5.74, 6) is 0.297. The van der Waals surface area contributed by atoms with E-state index in [-0.39, 0.29) is 5.91 Å². The van der Waals surface area contributed by atoms with Crippen LogP contribution in [0.1, 0.15) is 51.6 Å². The molecule has 33 heavy (non-hydrogen) atoms. The highest BCUT2D eigenvalue weighted by Crippen LogP contribution is 2.41. The van der Waals surface area contributed by atoms with Gasteiger partial charge in [0.2, 0.25) is 0 Å². The molecule has 4 aromatic rings. The van der Waals surface area contributed by atoms with Crippen LogP contribution in [0.4, 0.5) is 18.9 Å². The Kier molecular flexibility index (Phi) is 5.00. The van der Waals surface area contributed by atoms with E-state index in [4.69, 9.17) is 4.98 Å². The van der Waals surface area contributed by atoms with Gasteiger partial charge in [-0.05, 0) is 79.8 Å². The van der Waals surface area contributed by atoms with E-state index in [0.29, 0.717) is 22.7 Å². The average Bonchev–Trinajstić information content (AvgIpc) is 3.57. The van der Waals surface area contributed by atoms with E-state index >= 15 is 0 Å². The Hall–Kier alpha value is -3.61. The molecule has 1 aliphatic carbocycles. The molecule has 1 N–H and O–H groups in total. The van der Waals surface area contributed by atoms with Gasteiger partial charge in [0.05, 0.1) is 16.9 Å². The molecule has 0 unspecified atom stereocenters. The largest absolute Gasteiger partial charge is 0.416 e. The van der Waals surface area contributed by atoms with Gasteiger partial charge in [-0.1, -0.05) is 18.2 Å². The predicted octanol–water partition coefficient (Wildman–Crippen LogP) is 6.77. The number of hydrogen-bond donors (Lipinski definition) is 1. The first-order valence-corrected chi connectivity index (χ1v) is 10.8. The molecule has 0 aliphatic heterocycles. The second-order valence-corrected chi connectivity index (χ2v) is 8.56. The van der Waals surface area contributed by atoms with Crippen molar-refractivity contribution in [2.24, 2.45) is 0 Å². The van der Waals surface area contributed by atoms with Gasteiger partial charge in [0, 0.05) is 23.4 Å². The molecule has 0 atom stereocenters. The van der Waals surface area contributed by atoms with E-state index in [2.05, 4.69) is 5.32 Å². The van der Waals surface area contributed by atoms with Crippen molar-refractivity contribution in [3.8, 4) is 11.1 Å². The Balaban J connectivity index is 1.36. The predicted molar refractivity (Wildman–Crippen MR) is 121 cm³/mol. The third kappa shape index (κ3) is 4.11. The molecule has 5 rings (SSSR count). The Morgan fingerprint density at radius 3 is 2.39 bits per heavy atom. The Morgan fingerprint density at radius 1 is 1.03 bits per heavy atom. The number of nitrogens with one attached hydrogen (secondary N) is 1. The number of rotatable bonds is 4. The molecule has 2 aromatic heterocycles. The summed E-state index contributed by atoms with van der Waals surface area (Å²) in [6.45, 7) is 3.88. The molecule has 0 bridgehead atoms. The van der Waals surface area contributed by atoms with Crippen LogP contribution in [-0.4, -0.2) is 15.3 Å². The van der Waals surface area contributed by atoms with Crippen molar-refractivity contribution in [3.63, 3.8) is 0 Å². The first-order valence-electron chi connectivity index (χ1n) is 10.8. The number of anilines is 1. The number of halogens is 3. The summed E-state index contributed by atoms with van der Waals surface area (Å²) in [6, 6.07) is 13.9. The number of amides is 1. The zero-order valence-electron chi connectivity index (χ0n) is 18.2. The van der Waals surface area contributed by atoms with E-state index in [0.717, 1.165) is 40.3 Å². The molecule has 0 radical (unpaired) electrons. The number of pyridine rings is 1. The van der Waals surface area contributed by atoms with Crippen molar-refractivity contribution in [1.29, 1.82) is 0 Å². The van der Waals surface area contributed by atoms with Gasteiger partial charge < -0.3 is 9.72 Å². The lowest BCUT2D eigenvalue weighted by Crippen LogP contribution is -2.12. The van der Waals surface area contributed by atoms with Crippen LogP contribution >= 0.6 is 0 Å². The maximum atomic E-state index is 12.9. The summed E-state index contributed by atoms with van der Waals surface area (Å²) in [5.41, 5.74) is 5.80.